The normalized spacial score (nSPS) is 16.0. The molecule has 166 valence electrons. The maximum absolute atomic E-state index is 13.1. The number of carbonyl (C=O) groups is 1. The number of carbonyl (C=O) groups excluding carboxylic acids is 1. The number of amidine groups is 1. The Morgan fingerprint density at radius 1 is 1.19 bits per heavy atom. The quantitative estimate of drug-likeness (QED) is 0.410. The summed E-state index contributed by atoms with van der Waals surface area (Å²) in [5.74, 6) is 0.0769. The van der Waals surface area contributed by atoms with Gasteiger partial charge in [0.05, 0.1) is 11.3 Å². The first-order valence-corrected chi connectivity index (χ1v) is 9.93. The van der Waals surface area contributed by atoms with E-state index >= 15 is 0 Å². The Labute approximate surface area is 178 Å². The number of hydrogen-bond donors (Lipinski definition) is 2. The van der Waals surface area contributed by atoms with Crippen molar-refractivity contribution in [3.63, 3.8) is 0 Å². The van der Waals surface area contributed by atoms with Crippen molar-refractivity contribution in [2.24, 2.45) is 10.9 Å². The van der Waals surface area contributed by atoms with Gasteiger partial charge in [0.15, 0.2) is 5.84 Å². The van der Waals surface area contributed by atoms with E-state index in [4.69, 9.17) is 10.6 Å². The zero-order valence-electron chi connectivity index (χ0n) is 17.0. The highest BCUT2D eigenvalue weighted by atomic mass is 19.4. The number of anilines is 2. The van der Waals surface area contributed by atoms with Crippen LogP contribution < -0.4 is 16.0 Å². The first-order valence-electron chi connectivity index (χ1n) is 9.93. The number of rotatable bonds is 6. The van der Waals surface area contributed by atoms with Crippen LogP contribution in [0.2, 0.25) is 0 Å². The number of nitrogens with zero attached hydrogens (tertiary/aromatic N) is 3. The van der Waals surface area contributed by atoms with E-state index in [1.165, 1.54) is 31.5 Å². The number of pyridine rings is 1. The van der Waals surface area contributed by atoms with E-state index in [2.05, 4.69) is 20.4 Å². The number of alkyl halides is 3. The monoisotopic (exact) mass is 435 g/mol. The van der Waals surface area contributed by atoms with Gasteiger partial charge in [0, 0.05) is 24.8 Å². The Morgan fingerprint density at radius 3 is 2.55 bits per heavy atom. The molecule has 1 atom stereocenters. The second kappa shape index (κ2) is 9.67. The van der Waals surface area contributed by atoms with Crippen molar-refractivity contribution in [3.8, 4) is 0 Å². The first-order chi connectivity index (χ1) is 14.8. The lowest BCUT2D eigenvalue weighted by molar-refractivity contribution is -0.137. The fourth-order valence-electron chi connectivity index (χ4n) is 3.16. The summed E-state index contributed by atoms with van der Waals surface area (Å²) in [6.07, 6.45) is -0.706. The Bertz CT molecular complexity index is 925. The number of aromatic nitrogens is 1. The lowest BCUT2D eigenvalue weighted by Crippen LogP contribution is -2.30. The predicted molar refractivity (Wildman–Crippen MR) is 112 cm³/mol. The average Bonchev–Trinajstić information content (AvgIpc) is 2.77. The zero-order chi connectivity index (χ0) is 22.4. The van der Waals surface area contributed by atoms with Crippen LogP contribution in [0.15, 0.2) is 47.8 Å². The summed E-state index contributed by atoms with van der Waals surface area (Å²) in [6, 6.07) is 8.29. The Kier molecular flexibility index (Phi) is 6.98. The predicted octanol–water partition coefficient (Wildman–Crippen LogP) is 3.75. The van der Waals surface area contributed by atoms with E-state index in [9.17, 15) is 18.0 Å². The Hall–Kier alpha value is -3.30. The summed E-state index contributed by atoms with van der Waals surface area (Å²) in [7, 11) is 0. The van der Waals surface area contributed by atoms with Crippen molar-refractivity contribution in [1.82, 2.24) is 4.98 Å². The fourth-order valence-corrected chi connectivity index (χ4v) is 3.16. The van der Waals surface area contributed by atoms with Gasteiger partial charge in [-0.05, 0) is 50.5 Å². The molecule has 0 saturated carbocycles. The standard InChI is InChI=1S/C21H24F3N5O2/c1-14(20(30)27-17-8-4-3-7-16(17)21(22,23)24)31-28-19(25)15-9-10-18(26-13-15)29-11-5-2-6-12-29/h3-4,7-10,13-14H,2,5-6,11-12H2,1H3,(H2,25,28)(H,27,30). The van der Waals surface area contributed by atoms with Gasteiger partial charge in [-0.1, -0.05) is 17.3 Å². The number of nitrogens with two attached hydrogens (primary N) is 1. The van der Waals surface area contributed by atoms with Gasteiger partial charge in [-0.15, -0.1) is 0 Å². The molecular formula is C21H24F3N5O2. The van der Waals surface area contributed by atoms with Gasteiger partial charge in [0.25, 0.3) is 5.91 Å². The van der Waals surface area contributed by atoms with E-state index in [1.54, 1.807) is 12.3 Å². The molecule has 1 fully saturated rings. The van der Waals surface area contributed by atoms with E-state index in [1.807, 2.05) is 6.07 Å². The highest BCUT2D eigenvalue weighted by molar-refractivity contribution is 5.97. The zero-order valence-corrected chi connectivity index (χ0v) is 17.0. The lowest BCUT2D eigenvalue weighted by atomic mass is 10.1. The van der Waals surface area contributed by atoms with Crippen LogP contribution in [-0.2, 0) is 15.8 Å². The smallest absolute Gasteiger partial charge is 0.381 e. The molecule has 7 nitrogen and oxygen atoms in total. The molecule has 1 amide bonds. The largest absolute Gasteiger partial charge is 0.418 e. The highest BCUT2D eigenvalue weighted by Crippen LogP contribution is 2.34. The number of para-hydroxylation sites is 1. The van der Waals surface area contributed by atoms with E-state index in [0.29, 0.717) is 5.56 Å². The summed E-state index contributed by atoms with van der Waals surface area (Å²) >= 11 is 0. The minimum absolute atomic E-state index is 0.00744. The highest BCUT2D eigenvalue weighted by Gasteiger charge is 2.34. The number of hydrogen-bond acceptors (Lipinski definition) is 5. The minimum atomic E-state index is -4.59. The molecule has 1 unspecified atom stereocenters. The molecule has 0 bridgehead atoms. The van der Waals surface area contributed by atoms with Gasteiger partial charge in [-0.2, -0.15) is 13.2 Å². The van der Waals surface area contributed by atoms with Gasteiger partial charge in [0.1, 0.15) is 5.82 Å². The molecule has 1 aromatic carbocycles. The molecule has 3 N–H and O–H groups in total. The summed E-state index contributed by atoms with van der Waals surface area (Å²) in [6.45, 7) is 3.28. The topological polar surface area (TPSA) is 92.8 Å². The van der Waals surface area contributed by atoms with E-state index < -0.39 is 23.8 Å². The molecule has 1 saturated heterocycles. The number of benzene rings is 1. The Balaban J connectivity index is 1.60. The average molecular weight is 435 g/mol. The molecule has 1 aromatic heterocycles. The number of amides is 1. The first kappa shape index (κ1) is 22.4. The van der Waals surface area contributed by atoms with Gasteiger partial charge in [-0.25, -0.2) is 4.98 Å². The summed E-state index contributed by atoms with van der Waals surface area (Å²) in [4.78, 5) is 23.9. The number of piperidine rings is 1. The van der Waals surface area contributed by atoms with Crippen molar-refractivity contribution in [2.45, 2.75) is 38.5 Å². The van der Waals surface area contributed by atoms with Crippen LogP contribution in [-0.4, -0.2) is 35.9 Å². The van der Waals surface area contributed by atoms with Crippen LogP contribution in [0, 0.1) is 0 Å². The second-order valence-electron chi connectivity index (χ2n) is 7.21. The van der Waals surface area contributed by atoms with Gasteiger partial charge >= 0.3 is 6.18 Å². The van der Waals surface area contributed by atoms with Crippen molar-refractivity contribution in [3.05, 3.63) is 53.7 Å². The van der Waals surface area contributed by atoms with Gasteiger partial charge in [0.2, 0.25) is 6.10 Å². The van der Waals surface area contributed by atoms with E-state index in [-0.39, 0.29) is 11.5 Å². The molecule has 3 rings (SSSR count). The summed E-state index contributed by atoms with van der Waals surface area (Å²) < 4.78 is 39.2. The minimum Gasteiger partial charge on any atom is -0.381 e. The van der Waals surface area contributed by atoms with Crippen molar-refractivity contribution >= 4 is 23.2 Å². The van der Waals surface area contributed by atoms with Gasteiger partial charge in [-0.3, -0.25) is 4.79 Å². The molecule has 2 aromatic rings. The maximum atomic E-state index is 13.1. The molecule has 0 radical (unpaired) electrons. The molecule has 10 heteroatoms. The van der Waals surface area contributed by atoms with Crippen LogP contribution >= 0.6 is 0 Å². The van der Waals surface area contributed by atoms with Crippen molar-refractivity contribution in [2.75, 3.05) is 23.3 Å². The third-order valence-corrected chi connectivity index (χ3v) is 4.89. The number of oxime groups is 1. The van der Waals surface area contributed by atoms with Crippen LogP contribution in [0.5, 0.6) is 0 Å². The SMILES string of the molecule is CC(ON=C(N)c1ccc(N2CCCCC2)nc1)C(=O)Nc1ccccc1C(F)(F)F. The molecule has 1 aliphatic heterocycles. The molecular weight excluding hydrogens is 411 g/mol. The second-order valence-corrected chi connectivity index (χ2v) is 7.21. The third-order valence-electron chi connectivity index (χ3n) is 4.89. The van der Waals surface area contributed by atoms with Crippen molar-refractivity contribution in [1.29, 1.82) is 0 Å². The third kappa shape index (κ3) is 5.87. The fraction of sp³-hybridized carbons (Fsp3) is 0.381. The Morgan fingerprint density at radius 2 is 1.90 bits per heavy atom. The number of halogens is 3. The molecule has 2 heterocycles. The maximum Gasteiger partial charge on any atom is 0.418 e. The molecule has 31 heavy (non-hydrogen) atoms. The lowest BCUT2D eigenvalue weighted by Gasteiger charge is -2.27. The van der Waals surface area contributed by atoms with Crippen LogP contribution in [0.25, 0.3) is 0 Å². The molecule has 0 aliphatic carbocycles. The molecule has 0 spiro atoms. The van der Waals surface area contributed by atoms with Crippen LogP contribution in [0.1, 0.15) is 37.3 Å². The van der Waals surface area contributed by atoms with Crippen molar-refractivity contribution < 1.29 is 22.8 Å². The van der Waals surface area contributed by atoms with Crippen LogP contribution in [0.3, 0.4) is 0 Å². The molecule has 1 aliphatic rings. The van der Waals surface area contributed by atoms with E-state index in [0.717, 1.165) is 37.8 Å². The number of nitrogens with one attached hydrogen (secondary N) is 1. The summed E-state index contributed by atoms with van der Waals surface area (Å²) in [5, 5.41) is 5.94. The van der Waals surface area contributed by atoms with Crippen LogP contribution in [0.4, 0.5) is 24.7 Å². The summed E-state index contributed by atoms with van der Waals surface area (Å²) in [5.41, 5.74) is 5.10. The van der Waals surface area contributed by atoms with Gasteiger partial charge < -0.3 is 20.8 Å².